The van der Waals surface area contributed by atoms with E-state index in [2.05, 4.69) is 12.2 Å². The number of rotatable bonds is 5. The molecule has 2 heterocycles. The molecule has 0 aromatic heterocycles. The fourth-order valence-corrected chi connectivity index (χ4v) is 2.56. The minimum atomic E-state index is 0.491. The molecule has 2 bridgehead atoms. The molecule has 2 aliphatic heterocycles. The van der Waals surface area contributed by atoms with Crippen molar-refractivity contribution in [2.45, 2.75) is 56.9 Å². The number of hydrogen-bond donors (Lipinski definition) is 1. The smallest absolute Gasteiger partial charge is 0.0733 e. The number of fused-ring (bicyclic) bond motifs is 2. The summed E-state index contributed by atoms with van der Waals surface area (Å²) in [6, 6.07) is 1.14. The van der Waals surface area contributed by atoms with Gasteiger partial charge in [0, 0.05) is 25.8 Å². The molecule has 0 aromatic carbocycles. The molecule has 2 aliphatic rings. The highest BCUT2D eigenvalue weighted by molar-refractivity contribution is 4.94. The van der Waals surface area contributed by atoms with E-state index < -0.39 is 0 Å². The predicted octanol–water partition coefficient (Wildman–Crippen LogP) is 1.32. The Morgan fingerprint density at radius 3 is 2.93 bits per heavy atom. The fourth-order valence-electron chi connectivity index (χ4n) is 2.56. The van der Waals surface area contributed by atoms with E-state index in [-0.39, 0.29) is 0 Å². The minimum absolute atomic E-state index is 0.491. The zero-order valence-corrected chi connectivity index (χ0v) is 9.16. The van der Waals surface area contributed by atoms with Gasteiger partial charge in [0.1, 0.15) is 0 Å². The number of hydrogen-bond acceptors (Lipinski definition) is 3. The molecule has 0 aliphatic carbocycles. The molecular weight excluding hydrogens is 178 g/mol. The van der Waals surface area contributed by atoms with Crippen LogP contribution in [-0.2, 0) is 9.47 Å². The monoisotopic (exact) mass is 199 g/mol. The van der Waals surface area contributed by atoms with E-state index in [1.807, 2.05) is 0 Å². The number of ether oxygens (including phenoxy) is 2. The average Bonchev–Trinajstić information content (AvgIpc) is 2.76. The molecule has 4 atom stereocenters. The van der Waals surface area contributed by atoms with Gasteiger partial charge in [-0.3, -0.25) is 0 Å². The van der Waals surface area contributed by atoms with E-state index >= 15 is 0 Å². The van der Waals surface area contributed by atoms with Crippen molar-refractivity contribution in [3.63, 3.8) is 0 Å². The first kappa shape index (κ1) is 10.4. The van der Waals surface area contributed by atoms with Crippen molar-refractivity contribution in [2.24, 2.45) is 0 Å². The van der Waals surface area contributed by atoms with E-state index in [4.69, 9.17) is 9.47 Å². The highest BCUT2D eigenvalue weighted by atomic mass is 16.5. The topological polar surface area (TPSA) is 30.5 Å². The lowest BCUT2D eigenvalue weighted by atomic mass is 9.95. The summed E-state index contributed by atoms with van der Waals surface area (Å²) in [5, 5.41) is 3.64. The summed E-state index contributed by atoms with van der Waals surface area (Å²) in [5.74, 6) is 0. The first-order valence-corrected chi connectivity index (χ1v) is 5.70. The van der Waals surface area contributed by atoms with Crippen molar-refractivity contribution in [3.05, 3.63) is 0 Å². The molecule has 14 heavy (non-hydrogen) atoms. The van der Waals surface area contributed by atoms with Crippen LogP contribution in [0.4, 0.5) is 0 Å². The summed E-state index contributed by atoms with van der Waals surface area (Å²) >= 11 is 0. The lowest BCUT2D eigenvalue weighted by Gasteiger charge is -2.24. The van der Waals surface area contributed by atoms with E-state index in [0.29, 0.717) is 24.3 Å². The number of nitrogens with one attached hydrogen (secondary N) is 1. The van der Waals surface area contributed by atoms with Crippen molar-refractivity contribution < 1.29 is 9.47 Å². The van der Waals surface area contributed by atoms with E-state index in [9.17, 15) is 0 Å². The normalized spacial score (nSPS) is 37.7. The van der Waals surface area contributed by atoms with Crippen LogP contribution in [0, 0.1) is 0 Å². The molecule has 1 N–H and O–H groups in total. The molecule has 2 fully saturated rings. The summed E-state index contributed by atoms with van der Waals surface area (Å²) in [6.45, 7) is 3.07. The highest BCUT2D eigenvalue weighted by Gasteiger charge is 2.40. The Hall–Kier alpha value is -0.120. The average molecular weight is 199 g/mol. The third-order valence-electron chi connectivity index (χ3n) is 3.36. The summed E-state index contributed by atoms with van der Waals surface area (Å²) in [4.78, 5) is 0. The van der Waals surface area contributed by atoms with Gasteiger partial charge in [0.2, 0.25) is 0 Å². The first-order valence-electron chi connectivity index (χ1n) is 5.70. The standard InChI is InChI=1S/C11H21NO2/c1-8(5-6-13-2)12-10-7-9-3-4-11(10)14-9/h8-12H,3-7H2,1-2H3. The van der Waals surface area contributed by atoms with Gasteiger partial charge in [-0.25, -0.2) is 0 Å². The van der Waals surface area contributed by atoms with Crippen LogP contribution in [0.2, 0.25) is 0 Å². The molecular formula is C11H21NO2. The summed E-state index contributed by atoms with van der Waals surface area (Å²) in [5.41, 5.74) is 0. The molecule has 0 aromatic rings. The molecule has 2 saturated heterocycles. The van der Waals surface area contributed by atoms with Crippen molar-refractivity contribution in [1.29, 1.82) is 0 Å². The fraction of sp³-hybridized carbons (Fsp3) is 1.00. The Balaban J connectivity index is 1.70. The van der Waals surface area contributed by atoms with Gasteiger partial charge in [-0.05, 0) is 32.6 Å². The van der Waals surface area contributed by atoms with Crippen LogP contribution in [0.3, 0.4) is 0 Å². The highest BCUT2D eigenvalue weighted by Crippen LogP contribution is 2.34. The second kappa shape index (κ2) is 4.60. The maximum atomic E-state index is 5.80. The zero-order valence-electron chi connectivity index (χ0n) is 9.16. The van der Waals surface area contributed by atoms with Crippen LogP contribution in [-0.4, -0.2) is 38.0 Å². The summed E-state index contributed by atoms with van der Waals surface area (Å²) < 4.78 is 10.9. The molecule has 0 saturated carbocycles. The Kier molecular flexibility index (Phi) is 3.42. The molecule has 3 heteroatoms. The van der Waals surface area contributed by atoms with Crippen LogP contribution in [0.25, 0.3) is 0 Å². The van der Waals surface area contributed by atoms with Gasteiger partial charge in [-0.15, -0.1) is 0 Å². The van der Waals surface area contributed by atoms with Crippen molar-refractivity contribution in [3.8, 4) is 0 Å². The second-order valence-corrected chi connectivity index (χ2v) is 4.57. The lowest BCUT2D eigenvalue weighted by molar-refractivity contribution is 0.0952. The lowest BCUT2D eigenvalue weighted by Crippen LogP contribution is -2.42. The molecule has 0 radical (unpaired) electrons. The van der Waals surface area contributed by atoms with Gasteiger partial charge in [0.15, 0.2) is 0 Å². The number of methoxy groups -OCH3 is 1. The quantitative estimate of drug-likeness (QED) is 0.724. The maximum absolute atomic E-state index is 5.80. The van der Waals surface area contributed by atoms with Crippen LogP contribution in [0.1, 0.15) is 32.6 Å². The second-order valence-electron chi connectivity index (χ2n) is 4.57. The maximum Gasteiger partial charge on any atom is 0.0733 e. The van der Waals surface area contributed by atoms with Crippen molar-refractivity contribution in [2.75, 3.05) is 13.7 Å². The molecule has 0 amide bonds. The molecule has 2 rings (SSSR count). The first-order chi connectivity index (χ1) is 6.79. The van der Waals surface area contributed by atoms with Gasteiger partial charge in [0.05, 0.1) is 12.2 Å². The largest absolute Gasteiger partial charge is 0.385 e. The van der Waals surface area contributed by atoms with Crippen LogP contribution in [0.15, 0.2) is 0 Å². The molecule has 0 spiro atoms. The van der Waals surface area contributed by atoms with E-state index in [0.717, 1.165) is 13.0 Å². The molecule has 82 valence electrons. The van der Waals surface area contributed by atoms with Crippen LogP contribution in [0.5, 0.6) is 0 Å². The Morgan fingerprint density at radius 2 is 2.36 bits per heavy atom. The van der Waals surface area contributed by atoms with Crippen molar-refractivity contribution in [1.82, 2.24) is 5.32 Å². The Labute approximate surface area is 86.2 Å². The Morgan fingerprint density at radius 1 is 1.50 bits per heavy atom. The van der Waals surface area contributed by atoms with Gasteiger partial charge in [0.25, 0.3) is 0 Å². The molecule has 3 nitrogen and oxygen atoms in total. The SMILES string of the molecule is COCCC(C)NC1CC2CCC1O2. The summed E-state index contributed by atoms with van der Waals surface area (Å²) in [7, 11) is 1.76. The van der Waals surface area contributed by atoms with Gasteiger partial charge < -0.3 is 14.8 Å². The predicted molar refractivity (Wildman–Crippen MR) is 55.4 cm³/mol. The molecule has 4 unspecified atom stereocenters. The van der Waals surface area contributed by atoms with Gasteiger partial charge in [-0.1, -0.05) is 0 Å². The minimum Gasteiger partial charge on any atom is -0.385 e. The van der Waals surface area contributed by atoms with E-state index in [1.54, 1.807) is 7.11 Å². The summed E-state index contributed by atoms with van der Waals surface area (Å²) in [6.07, 6.45) is 5.86. The van der Waals surface area contributed by atoms with E-state index in [1.165, 1.54) is 19.3 Å². The van der Waals surface area contributed by atoms with Gasteiger partial charge >= 0.3 is 0 Å². The third-order valence-corrected chi connectivity index (χ3v) is 3.36. The van der Waals surface area contributed by atoms with Crippen LogP contribution < -0.4 is 5.32 Å². The zero-order chi connectivity index (χ0) is 9.97. The van der Waals surface area contributed by atoms with Crippen LogP contribution >= 0.6 is 0 Å². The third kappa shape index (κ3) is 2.27. The van der Waals surface area contributed by atoms with Gasteiger partial charge in [-0.2, -0.15) is 0 Å². The van der Waals surface area contributed by atoms with Crippen molar-refractivity contribution >= 4 is 0 Å². The Bertz CT molecular complexity index is 186.